The van der Waals surface area contributed by atoms with Gasteiger partial charge in [0.2, 0.25) is 35.4 Å². The van der Waals surface area contributed by atoms with Gasteiger partial charge in [-0.15, -0.1) is 0 Å². The number of carboxylic acid groups (broad SMARTS) is 1. The maximum absolute atomic E-state index is 14.3. The molecule has 1 aliphatic heterocycles. The molecule has 2 aromatic carbocycles. The minimum Gasteiger partial charge on any atom is -0.508 e. The highest BCUT2D eigenvalue weighted by Gasteiger charge is 2.39. The fourth-order valence-corrected chi connectivity index (χ4v) is 6.79. The number of nitrogens with zero attached hydrogens (tertiary/aromatic N) is 3. The molecule has 0 aromatic heterocycles. The highest BCUT2D eigenvalue weighted by Crippen LogP contribution is 2.20. The highest BCUT2D eigenvalue weighted by molar-refractivity contribution is 5.97. The molecule has 0 unspecified atom stereocenters. The van der Waals surface area contributed by atoms with E-state index in [1.165, 1.54) is 60.4 Å². The van der Waals surface area contributed by atoms with E-state index in [1.54, 1.807) is 0 Å². The van der Waals surface area contributed by atoms with Gasteiger partial charge in [-0.2, -0.15) is 0 Å². The van der Waals surface area contributed by atoms with Crippen LogP contribution in [0.4, 0.5) is 0 Å². The van der Waals surface area contributed by atoms with Gasteiger partial charge in [0, 0.05) is 32.5 Å². The number of aliphatic imine (C=N–C) groups is 2. The van der Waals surface area contributed by atoms with Crippen LogP contribution in [0.25, 0.3) is 0 Å². The summed E-state index contributed by atoms with van der Waals surface area (Å²) in [4.78, 5) is 103. The molecule has 0 saturated carbocycles. The van der Waals surface area contributed by atoms with E-state index in [4.69, 9.17) is 28.7 Å². The number of aliphatic hydroxyl groups excluding tert-OH is 1. The summed E-state index contributed by atoms with van der Waals surface area (Å²) in [5, 5.41) is 52.7. The third-order valence-electron chi connectivity index (χ3n) is 10.2. The Kier molecular flexibility index (Phi) is 20.7. The number of carbonyl (C=O) groups is 7. The summed E-state index contributed by atoms with van der Waals surface area (Å²) in [6, 6.07) is 3.32. The minimum atomic E-state index is -1.66. The first-order valence-corrected chi connectivity index (χ1v) is 20.9. The largest absolute Gasteiger partial charge is 0.508 e. The van der Waals surface area contributed by atoms with Crippen LogP contribution in [0.2, 0.25) is 0 Å². The number of hydrogen-bond acceptors (Lipinski definition) is 13. The van der Waals surface area contributed by atoms with Crippen molar-refractivity contribution < 1.29 is 54.0 Å². The highest BCUT2D eigenvalue weighted by atomic mass is 16.4. The molecule has 65 heavy (non-hydrogen) atoms. The SMILES string of the molecule is C[C@@H](O)[C@H](NC(=O)CNC(=O)[C@@H](N)CCCN=C(N)N)C(=O)N[C@@H](Cc1ccc(O)cc1)C(=O)N[C@@H](Cc1ccc(O)cc1)C(=O)N[C@@H](CCCN=C(N)N)C(=O)N1CCC[C@H]1C(=O)O. The van der Waals surface area contributed by atoms with Crippen LogP contribution in [-0.2, 0) is 46.4 Å². The summed E-state index contributed by atoms with van der Waals surface area (Å²) in [7, 11) is 0. The standard InChI is InChI=1S/C41H61N13O11/c1-22(55)33(53-32(58)21-49-34(59)27(42)5-2-16-47-40(43)44)37(62)52-30(20-24-10-14-26(57)15-11-24)36(61)51-29(19-23-8-12-25(56)13-9-23)35(60)50-28(6-3-17-48-41(45)46)38(63)54-18-4-7-31(54)39(64)65/h8-15,22,27-31,33,55-57H,2-7,16-21,42H2,1H3,(H,49,59)(H,50,60)(H,51,61)(H,52,62)(H,53,58)(H,64,65)(H4,43,44,47)(H4,45,46,48)/t22-,27+,28+,29+,30+,31+,33+/m1/s1. The second kappa shape index (κ2) is 25.8. The number of benzene rings is 2. The van der Waals surface area contributed by atoms with E-state index in [-0.39, 0.29) is 81.6 Å². The predicted molar refractivity (Wildman–Crippen MR) is 236 cm³/mol. The lowest BCUT2D eigenvalue weighted by atomic mass is 10.0. The van der Waals surface area contributed by atoms with Gasteiger partial charge < -0.3 is 80.6 Å². The summed E-state index contributed by atoms with van der Waals surface area (Å²) in [6.07, 6.45) is -0.609. The zero-order chi connectivity index (χ0) is 48.2. The predicted octanol–water partition coefficient (Wildman–Crippen LogP) is -4.17. The van der Waals surface area contributed by atoms with Gasteiger partial charge >= 0.3 is 5.97 Å². The van der Waals surface area contributed by atoms with Gasteiger partial charge in [0.25, 0.3) is 0 Å². The Morgan fingerprint density at radius 2 is 1.18 bits per heavy atom. The molecule has 0 aliphatic carbocycles. The van der Waals surface area contributed by atoms with Gasteiger partial charge in [-0.3, -0.25) is 38.8 Å². The Labute approximate surface area is 374 Å². The normalized spacial score (nSPS) is 16.0. The number of aliphatic carboxylic acids is 1. The minimum absolute atomic E-state index is 0.0206. The zero-order valence-corrected chi connectivity index (χ0v) is 36.0. The van der Waals surface area contributed by atoms with Crippen LogP contribution in [0, 0.1) is 0 Å². The lowest BCUT2D eigenvalue weighted by molar-refractivity contribution is -0.149. The fraction of sp³-hybridized carbons (Fsp3) is 0.488. The third-order valence-corrected chi connectivity index (χ3v) is 10.2. The molecule has 1 fully saturated rings. The van der Waals surface area contributed by atoms with Gasteiger partial charge in [0.05, 0.1) is 18.7 Å². The van der Waals surface area contributed by atoms with E-state index in [1.807, 2.05) is 0 Å². The topological polar surface area (TPSA) is 419 Å². The van der Waals surface area contributed by atoms with Crippen LogP contribution in [0.15, 0.2) is 58.5 Å². The number of phenolic OH excluding ortho intramolecular Hbond substituents is 2. The molecule has 19 N–H and O–H groups in total. The van der Waals surface area contributed by atoms with Crippen molar-refractivity contribution in [1.82, 2.24) is 31.5 Å². The first-order valence-electron chi connectivity index (χ1n) is 20.9. The van der Waals surface area contributed by atoms with Crippen molar-refractivity contribution in [3.8, 4) is 11.5 Å². The molecule has 7 atom stereocenters. The fourth-order valence-electron chi connectivity index (χ4n) is 6.79. The molecule has 1 saturated heterocycles. The molecule has 0 bridgehead atoms. The summed E-state index contributed by atoms with van der Waals surface area (Å²) in [5.41, 5.74) is 28.3. The van der Waals surface area contributed by atoms with E-state index in [9.17, 15) is 54.0 Å². The van der Waals surface area contributed by atoms with Crippen LogP contribution in [-0.4, -0.2) is 147 Å². The van der Waals surface area contributed by atoms with E-state index < -0.39 is 90.3 Å². The van der Waals surface area contributed by atoms with Crippen molar-refractivity contribution in [1.29, 1.82) is 0 Å². The third kappa shape index (κ3) is 17.8. The van der Waals surface area contributed by atoms with Crippen LogP contribution >= 0.6 is 0 Å². The molecular weight excluding hydrogens is 851 g/mol. The van der Waals surface area contributed by atoms with Crippen LogP contribution in [0.3, 0.4) is 0 Å². The molecule has 3 rings (SSSR count). The van der Waals surface area contributed by atoms with Gasteiger partial charge in [0.1, 0.15) is 41.7 Å². The second-order valence-electron chi connectivity index (χ2n) is 15.5. The number of likely N-dealkylation sites (tertiary alicyclic amines) is 1. The number of carbonyl (C=O) groups excluding carboxylic acids is 6. The van der Waals surface area contributed by atoms with Gasteiger partial charge in [-0.1, -0.05) is 24.3 Å². The Bertz CT molecular complexity index is 2010. The van der Waals surface area contributed by atoms with Crippen LogP contribution in [0.5, 0.6) is 11.5 Å². The summed E-state index contributed by atoms with van der Waals surface area (Å²) in [5.74, 6) is -6.76. The average molecular weight is 912 g/mol. The first-order chi connectivity index (χ1) is 30.7. The maximum Gasteiger partial charge on any atom is 0.326 e. The number of guanidine groups is 2. The van der Waals surface area contributed by atoms with Crippen molar-refractivity contribution >= 4 is 53.3 Å². The number of phenols is 2. The van der Waals surface area contributed by atoms with E-state index >= 15 is 0 Å². The second-order valence-corrected chi connectivity index (χ2v) is 15.5. The molecule has 1 heterocycles. The molecule has 1 aliphatic rings. The van der Waals surface area contributed by atoms with Crippen molar-refractivity contribution in [2.75, 3.05) is 26.2 Å². The van der Waals surface area contributed by atoms with E-state index in [2.05, 4.69) is 36.6 Å². The number of amides is 6. The van der Waals surface area contributed by atoms with Crippen molar-refractivity contribution in [2.45, 2.75) is 101 Å². The van der Waals surface area contributed by atoms with Gasteiger partial charge in [0.15, 0.2) is 11.9 Å². The maximum atomic E-state index is 14.3. The molecule has 6 amide bonds. The molecular formula is C41H61N13O11. The Morgan fingerprint density at radius 1 is 0.708 bits per heavy atom. The number of carboxylic acids is 1. The number of hydrogen-bond donors (Lipinski definition) is 14. The van der Waals surface area contributed by atoms with Crippen molar-refractivity contribution in [2.24, 2.45) is 38.7 Å². The Balaban J connectivity index is 1.88. The number of aliphatic hydroxyl groups is 1. The molecule has 24 heteroatoms. The smallest absolute Gasteiger partial charge is 0.326 e. The molecule has 0 spiro atoms. The zero-order valence-electron chi connectivity index (χ0n) is 36.0. The van der Waals surface area contributed by atoms with Crippen molar-refractivity contribution in [3.63, 3.8) is 0 Å². The molecule has 0 radical (unpaired) electrons. The van der Waals surface area contributed by atoms with E-state index in [0.717, 1.165) is 0 Å². The van der Waals surface area contributed by atoms with Crippen LogP contribution in [0.1, 0.15) is 56.6 Å². The summed E-state index contributed by atoms with van der Waals surface area (Å²) in [6.45, 7) is 1.01. The monoisotopic (exact) mass is 911 g/mol. The van der Waals surface area contributed by atoms with Crippen molar-refractivity contribution in [3.05, 3.63) is 59.7 Å². The Morgan fingerprint density at radius 3 is 1.66 bits per heavy atom. The molecule has 2 aromatic rings. The van der Waals surface area contributed by atoms with Crippen LogP contribution < -0.4 is 55.3 Å². The number of rotatable bonds is 25. The molecule has 24 nitrogen and oxygen atoms in total. The average Bonchev–Trinajstić information content (AvgIpc) is 3.75. The summed E-state index contributed by atoms with van der Waals surface area (Å²) < 4.78 is 0. The Hall–Kier alpha value is -7.21. The lowest BCUT2D eigenvalue weighted by Gasteiger charge is -2.29. The number of nitrogens with two attached hydrogens (primary N) is 5. The van der Waals surface area contributed by atoms with Gasteiger partial charge in [-0.05, 0) is 80.8 Å². The van der Waals surface area contributed by atoms with Gasteiger partial charge in [-0.25, -0.2) is 4.79 Å². The number of nitrogens with one attached hydrogen (secondary N) is 5. The quantitative estimate of drug-likeness (QED) is 0.0255. The lowest BCUT2D eigenvalue weighted by Crippen LogP contribution is -2.61. The summed E-state index contributed by atoms with van der Waals surface area (Å²) >= 11 is 0. The molecule has 356 valence electrons. The first kappa shape index (κ1) is 52.1. The number of aromatic hydroxyl groups is 2. The van der Waals surface area contributed by atoms with E-state index in [0.29, 0.717) is 24.0 Å².